The van der Waals surface area contributed by atoms with Gasteiger partial charge in [-0.1, -0.05) is 30.0 Å². The molecule has 2 aromatic heterocycles. The zero-order valence-corrected chi connectivity index (χ0v) is 17.1. The SMILES string of the molecule is Cc1cc(C)n2nc(SCC(=O)NCC(=O)Nc3c(C)cccc3C)nc2n1. The van der Waals surface area contributed by atoms with Crippen molar-refractivity contribution in [2.75, 3.05) is 17.6 Å². The molecule has 9 heteroatoms. The second-order valence-electron chi connectivity index (χ2n) is 6.53. The van der Waals surface area contributed by atoms with Gasteiger partial charge in [-0.25, -0.2) is 9.50 Å². The summed E-state index contributed by atoms with van der Waals surface area (Å²) in [5, 5.41) is 10.3. The fourth-order valence-electron chi connectivity index (χ4n) is 2.76. The lowest BCUT2D eigenvalue weighted by Gasteiger charge is -2.11. The van der Waals surface area contributed by atoms with Gasteiger partial charge in [-0.05, 0) is 44.9 Å². The normalized spacial score (nSPS) is 10.9. The number of para-hydroxylation sites is 1. The first-order valence-corrected chi connectivity index (χ1v) is 9.78. The Kier molecular flexibility index (Phi) is 5.93. The third kappa shape index (κ3) is 4.66. The van der Waals surface area contributed by atoms with Crippen LogP contribution in [0, 0.1) is 27.7 Å². The van der Waals surface area contributed by atoms with Crippen LogP contribution in [-0.2, 0) is 9.59 Å². The molecule has 0 radical (unpaired) electrons. The highest BCUT2D eigenvalue weighted by atomic mass is 32.2. The van der Waals surface area contributed by atoms with E-state index in [0.717, 1.165) is 28.2 Å². The first kappa shape index (κ1) is 19.8. The van der Waals surface area contributed by atoms with Gasteiger partial charge in [-0.15, -0.1) is 5.10 Å². The molecule has 0 bridgehead atoms. The van der Waals surface area contributed by atoms with E-state index in [1.807, 2.05) is 52.0 Å². The number of hydrogen-bond donors (Lipinski definition) is 2. The Labute approximate surface area is 167 Å². The van der Waals surface area contributed by atoms with Crippen LogP contribution < -0.4 is 10.6 Å². The van der Waals surface area contributed by atoms with E-state index >= 15 is 0 Å². The van der Waals surface area contributed by atoms with Crippen LogP contribution in [0.25, 0.3) is 5.78 Å². The summed E-state index contributed by atoms with van der Waals surface area (Å²) in [4.78, 5) is 32.8. The molecule has 0 fully saturated rings. The minimum atomic E-state index is -0.267. The lowest BCUT2D eigenvalue weighted by Crippen LogP contribution is -2.34. The van der Waals surface area contributed by atoms with Gasteiger partial charge in [0, 0.05) is 17.1 Å². The van der Waals surface area contributed by atoms with E-state index in [0.29, 0.717) is 10.9 Å². The third-order valence-electron chi connectivity index (χ3n) is 4.12. The maximum atomic E-state index is 12.1. The number of nitrogens with one attached hydrogen (secondary N) is 2. The van der Waals surface area contributed by atoms with Crippen molar-refractivity contribution in [2.45, 2.75) is 32.9 Å². The summed E-state index contributed by atoms with van der Waals surface area (Å²) < 4.78 is 1.64. The average Bonchev–Trinajstić information content (AvgIpc) is 3.04. The molecule has 3 aromatic rings. The molecule has 146 valence electrons. The molecule has 28 heavy (non-hydrogen) atoms. The van der Waals surface area contributed by atoms with E-state index in [1.165, 1.54) is 11.8 Å². The molecule has 0 saturated heterocycles. The quantitative estimate of drug-likeness (QED) is 0.618. The Hall–Kier alpha value is -2.94. The number of amides is 2. The van der Waals surface area contributed by atoms with E-state index in [9.17, 15) is 9.59 Å². The number of benzene rings is 1. The second-order valence-corrected chi connectivity index (χ2v) is 7.47. The molecule has 0 aliphatic rings. The summed E-state index contributed by atoms with van der Waals surface area (Å²) in [7, 11) is 0. The predicted octanol–water partition coefficient (Wildman–Crippen LogP) is 2.20. The van der Waals surface area contributed by atoms with Gasteiger partial charge in [0.1, 0.15) is 0 Å². The Balaban J connectivity index is 1.51. The molecule has 0 saturated carbocycles. The summed E-state index contributed by atoms with van der Waals surface area (Å²) in [6.45, 7) is 7.58. The van der Waals surface area contributed by atoms with E-state index in [2.05, 4.69) is 25.7 Å². The van der Waals surface area contributed by atoms with E-state index in [-0.39, 0.29) is 24.1 Å². The van der Waals surface area contributed by atoms with Crippen molar-refractivity contribution in [3.8, 4) is 0 Å². The molecule has 2 amide bonds. The summed E-state index contributed by atoms with van der Waals surface area (Å²) in [6.07, 6.45) is 0. The molecule has 0 aliphatic heterocycles. The van der Waals surface area contributed by atoms with Crippen LogP contribution in [0.1, 0.15) is 22.5 Å². The van der Waals surface area contributed by atoms with E-state index < -0.39 is 0 Å². The molecule has 2 heterocycles. The molecule has 3 rings (SSSR count). The largest absolute Gasteiger partial charge is 0.346 e. The second kappa shape index (κ2) is 8.39. The zero-order chi connectivity index (χ0) is 20.3. The number of thioether (sulfide) groups is 1. The van der Waals surface area contributed by atoms with Crippen molar-refractivity contribution in [3.63, 3.8) is 0 Å². The van der Waals surface area contributed by atoms with Crippen LogP contribution in [0.4, 0.5) is 5.69 Å². The van der Waals surface area contributed by atoms with Crippen LogP contribution >= 0.6 is 11.8 Å². The van der Waals surface area contributed by atoms with Crippen LogP contribution in [0.15, 0.2) is 29.4 Å². The maximum absolute atomic E-state index is 12.1. The third-order valence-corrected chi connectivity index (χ3v) is 4.96. The molecule has 8 nitrogen and oxygen atoms in total. The van der Waals surface area contributed by atoms with Crippen molar-refractivity contribution in [3.05, 3.63) is 46.8 Å². The lowest BCUT2D eigenvalue weighted by molar-refractivity contribution is -0.122. The highest BCUT2D eigenvalue weighted by Crippen LogP contribution is 2.19. The molecule has 0 unspecified atom stereocenters. The van der Waals surface area contributed by atoms with Gasteiger partial charge in [0.05, 0.1) is 12.3 Å². The Bertz CT molecular complexity index is 1030. The minimum Gasteiger partial charge on any atom is -0.346 e. The molecular weight excluding hydrogens is 376 g/mol. The molecule has 2 N–H and O–H groups in total. The molecule has 0 spiro atoms. The Morgan fingerprint density at radius 1 is 1.07 bits per heavy atom. The Morgan fingerprint density at radius 3 is 2.50 bits per heavy atom. The first-order chi connectivity index (χ1) is 13.3. The minimum absolute atomic E-state index is 0.0916. The highest BCUT2D eigenvalue weighted by molar-refractivity contribution is 7.99. The summed E-state index contributed by atoms with van der Waals surface area (Å²) in [5.41, 5.74) is 4.53. The molecular formula is C19H22N6O2S. The van der Waals surface area contributed by atoms with Crippen LogP contribution in [0.5, 0.6) is 0 Å². The van der Waals surface area contributed by atoms with Crippen molar-refractivity contribution < 1.29 is 9.59 Å². The van der Waals surface area contributed by atoms with Gasteiger partial charge in [-0.3, -0.25) is 9.59 Å². The van der Waals surface area contributed by atoms with Crippen molar-refractivity contribution >= 4 is 35.0 Å². The molecule has 0 atom stereocenters. The predicted molar refractivity (Wildman–Crippen MR) is 109 cm³/mol. The van der Waals surface area contributed by atoms with E-state index in [4.69, 9.17) is 0 Å². The van der Waals surface area contributed by atoms with Crippen molar-refractivity contribution in [2.24, 2.45) is 0 Å². The summed E-state index contributed by atoms with van der Waals surface area (Å²) in [5.74, 6) is 0.0950. The summed E-state index contributed by atoms with van der Waals surface area (Å²) >= 11 is 1.20. The number of aromatic nitrogens is 4. The van der Waals surface area contributed by atoms with Crippen LogP contribution in [0.3, 0.4) is 0 Å². The van der Waals surface area contributed by atoms with Gasteiger partial charge in [-0.2, -0.15) is 4.98 Å². The summed E-state index contributed by atoms with van der Waals surface area (Å²) in [6, 6.07) is 7.71. The monoisotopic (exact) mass is 398 g/mol. The number of hydrogen-bond acceptors (Lipinski definition) is 6. The van der Waals surface area contributed by atoms with Crippen LogP contribution in [0.2, 0.25) is 0 Å². The van der Waals surface area contributed by atoms with Gasteiger partial charge in [0.25, 0.3) is 5.78 Å². The van der Waals surface area contributed by atoms with Gasteiger partial charge >= 0.3 is 0 Å². The molecule has 0 aliphatic carbocycles. The number of aryl methyl sites for hydroxylation is 4. The van der Waals surface area contributed by atoms with Gasteiger partial charge in [0.15, 0.2) is 0 Å². The number of carbonyl (C=O) groups is 2. The Morgan fingerprint density at radius 2 is 1.79 bits per heavy atom. The number of rotatable bonds is 6. The standard InChI is InChI=1S/C19H22N6O2S/c1-11-6-5-7-12(2)17(11)22-15(26)9-20-16(27)10-28-19-23-18-21-13(3)8-14(4)25(18)24-19/h5-8H,9-10H2,1-4H3,(H,20,27)(H,22,26). The molecule has 1 aromatic carbocycles. The van der Waals surface area contributed by atoms with Crippen LogP contribution in [-0.4, -0.2) is 43.7 Å². The topological polar surface area (TPSA) is 101 Å². The first-order valence-electron chi connectivity index (χ1n) is 8.80. The smallest absolute Gasteiger partial charge is 0.253 e. The van der Waals surface area contributed by atoms with Gasteiger partial charge in [0.2, 0.25) is 17.0 Å². The zero-order valence-electron chi connectivity index (χ0n) is 16.2. The fraction of sp³-hybridized carbons (Fsp3) is 0.316. The highest BCUT2D eigenvalue weighted by Gasteiger charge is 2.12. The number of fused-ring (bicyclic) bond motifs is 1. The van der Waals surface area contributed by atoms with Gasteiger partial charge < -0.3 is 10.6 Å². The fourth-order valence-corrected chi connectivity index (χ4v) is 3.41. The lowest BCUT2D eigenvalue weighted by atomic mass is 10.1. The van der Waals surface area contributed by atoms with Crippen molar-refractivity contribution in [1.82, 2.24) is 24.9 Å². The number of carbonyl (C=O) groups excluding carboxylic acids is 2. The number of nitrogens with zero attached hydrogens (tertiary/aromatic N) is 4. The maximum Gasteiger partial charge on any atom is 0.253 e. The van der Waals surface area contributed by atoms with E-state index in [1.54, 1.807) is 4.52 Å². The average molecular weight is 398 g/mol. The number of anilines is 1. The van der Waals surface area contributed by atoms with Crippen molar-refractivity contribution in [1.29, 1.82) is 0 Å².